The molecule has 1 aromatic carbocycles. The van der Waals surface area contributed by atoms with Crippen LogP contribution < -0.4 is 4.90 Å². The normalized spacial score (nSPS) is 13.7. The molecule has 0 unspecified atom stereocenters. The van der Waals surface area contributed by atoms with Crippen LogP contribution in [0.2, 0.25) is 0 Å². The monoisotopic (exact) mass is 427 g/mol. The van der Waals surface area contributed by atoms with E-state index in [0.717, 1.165) is 40.6 Å². The SMILES string of the molecule is CCOC(=O)c1cc(C)n(Cc2cc([N+](=O)[O-])cc3sc(N4CC=CCC4)nc23)n1. The first-order chi connectivity index (χ1) is 14.5. The number of nitro groups is 1. The molecule has 1 aliphatic rings. The van der Waals surface area contributed by atoms with Crippen LogP contribution in [0.5, 0.6) is 0 Å². The first kappa shape index (κ1) is 20.0. The molecule has 156 valence electrons. The number of ether oxygens (including phenoxy) is 1. The molecule has 0 spiro atoms. The molecule has 3 heterocycles. The quantitative estimate of drug-likeness (QED) is 0.256. The van der Waals surface area contributed by atoms with E-state index in [-0.39, 0.29) is 24.5 Å². The van der Waals surface area contributed by atoms with Crippen LogP contribution in [0, 0.1) is 17.0 Å². The summed E-state index contributed by atoms with van der Waals surface area (Å²) in [5, 5.41) is 16.7. The van der Waals surface area contributed by atoms with Gasteiger partial charge in [0.2, 0.25) is 0 Å². The number of esters is 1. The summed E-state index contributed by atoms with van der Waals surface area (Å²) in [4.78, 5) is 30.0. The van der Waals surface area contributed by atoms with Crippen molar-refractivity contribution >= 4 is 38.3 Å². The number of hydrogen-bond donors (Lipinski definition) is 0. The van der Waals surface area contributed by atoms with E-state index < -0.39 is 10.9 Å². The molecule has 2 aromatic heterocycles. The smallest absolute Gasteiger partial charge is 0.358 e. The Balaban J connectivity index is 1.73. The largest absolute Gasteiger partial charge is 0.461 e. The van der Waals surface area contributed by atoms with Crippen LogP contribution in [0.3, 0.4) is 0 Å². The van der Waals surface area contributed by atoms with E-state index in [9.17, 15) is 14.9 Å². The van der Waals surface area contributed by atoms with E-state index in [1.165, 1.54) is 17.4 Å². The number of hydrogen-bond acceptors (Lipinski definition) is 8. The fourth-order valence-corrected chi connectivity index (χ4v) is 4.47. The molecule has 0 saturated carbocycles. The van der Waals surface area contributed by atoms with Crippen LogP contribution >= 0.6 is 11.3 Å². The number of aryl methyl sites for hydroxylation is 1. The first-order valence-corrected chi connectivity index (χ1v) is 10.5. The molecule has 0 fully saturated rings. The maximum atomic E-state index is 12.0. The molecule has 0 saturated heterocycles. The zero-order chi connectivity index (χ0) is 21.3. The van der Waals surface area contributed by atoms with Crippen LogP contribution in [0.1, 0.15) is 35.1 Å². The zero-order valence-electron chi connectivity index (χ0n) is 16.7. The minimum absolute atomic E-state index is 0.0154. The van der Waals surface area contributed by atoms with Gasteiger partial charge < -0.3 is 9.64 Å². The van der Waals surface area contributed by atoms with Crippen molar-refractivity contribution in [3.8, 4) is 0 Å². The number of thiazole rings is 1. The second kappa shape index (κ2) is 8.23. The molecule has 0 amide bonds. The van der Waals surface area contributed by atoms with Crippen molar-refractivity contribution in [3.05, 3.63) is 57.4 Å². The number of aromatic nitrogens is 3. The number of benzene rings is 1. The van der Waals surface area contributed by atoms with Gasteiger partial charge in [-0.3, -0.25) is 14.8 Å². The third-order valence-electron chi connectivity index (χ3n) is 4.87. The highest BCUT2D eigenvalue weighted by Gasteiger charge is 2.20. The van der Waals surface area contributed by atoms with Gasteiger partial charge in [-0.15, -0.1) is 0 Å². The lowest BCUT2D eigenvalue weighted by molar-refractivity contribution is -0.384. The number of nitro benzene ring substituents is 1. The van der Waals surface area contributed by atoms with Gasteiger partial charge in [-0.1, -0.05) is 23.5 Å². The average Bonchev–Trinajstić information content (AvgIpc) is 3.33. The van der Waals surface area contributed by atoms with E-state index in [1.54, 1.807) is 23.7 Å². The Kier molecular flexibility index (Phi) is 5.49. The summed E-state index contributed by atoms with van der Waals surface area (Å²) < 4.78 is 7.42. The summed E-state index contributed by atoms with van der Waals surface area (Å²) in [5.41, 5.74) is 2.41. The van der Waals surface area contributed by atoms with Crippen LogP contribution in [0.25, 0.3) is 10.2 Å². The highest BCUT2D eigenvalue weighted by atomic mass is 32.1. The van der Waals surface area contributed by atoms with E-state index in [0.29, 0.717) is 5.56 Å². The Morgan fingerprint density at radius 1 is 1.33 bits per heavy atom. The third-order valence-corrected chi connectivity index (χ3v) is 5.94. The van der Waals surface area contributed by atoms with Crippen molar-refractivity contribution in [2.45, 2.75) is 26.8 Å². The minimum Gasteiger partial charge on any atom is -0.461 e. The summed E-state index contributed by atoms with van der Waals surface area (Å²) in [6.07, 6.45) is 5.19. The Morgan fingerprint density at radius 3 is 2.87 bits per heavy atom. The summed E-state index contributed by atoms with van der Waals surface area (Å²) in [6.45, 7) is 5.75. The van der Waals surface area contributed by atoms with Crippen molar-refractivity contribution in [2.75, 3.05) is 24.6 Å². The number of nitrogens with zero attached hydrogens (tertiary/aromatic N) is 5. The lowest BCUT2D eigenvalue weighted by Crippen LogP contribution is -2.26. The lowest BCUT2D eigenvalue weighted by Gasteiger charge is -2.22. The zero-order valence-corrected chi connectivity index (χ0v) is 17.5. The number of carbonyl (C=O) groups is 1. The Labute approximate surface area is 176 Å². The molecule has 0 atom stereocenters. The van der Waals surface area contributed by atoms with E-state index >= 15 is 0 Å². The van der Waals surface area contributed by atoms with Crippen molar-refractivity contribution < 1.29 is 14.5 Å². The first-order valence-electron chi connectivity index (χ1n) is 9.65. The second-order valence-electron chi connectivity index (χ2n) is 6.96. The molecular weight excluding hydrogens is 406 g/mol. The second-order valence-corrected chi connectivity index (χ2v) is 7.97. The van der Waals surface area contributed by atoms with Crippen LogP contribution in [0.4, 0.5) is 10.8 Å². The summed E-state index contributed by atoms with van der Waals surface area (Å²) in [7, 11) is 0. The summed E-state index contributed by atoms with van der Waals surface area (Å²) >= 11 is 1.45. The Hall–Kier alpha value is -3.27. The molecule has 30 heavy (non-hydrogen) atoms. The molecular formula is C20H21N5O4S. The van der Waals surface area contributed by atoms with Crippen molar-refractivity contribution in [2.24, 2.45) is 0 Å². The maximum absolute atomic E-state index is 12.0. The van der Waals surface area contributed by atoms with Gasteiger partial charge in [-0.2, -0.15) is 5.10 Å². The Bertz CT molecular complexity index is 1150. The predicted octanol–water partition coefficient (Wildman–Crippen LogP) is 3.70. The van der Waals surface area contributed by atoms with Crippen molar-refractivity contribution in [3.63, 3.8) is 0 Å². The van der Waals surface area contributed by atoms with Gasteiger partial charge in [-0.05, 0) is 26.3 Å². The molecule has 0 N–H and O–H groups in total. The average molecular weight is 427 g/mol. The van der Waals surface area contributed by atoms with Gasteiger partial charge in [-0.25, -0.2) is 9.78 Å². The number of carbonyl (C=O) groups excluding carboxylic acids is 1. The van der Waals surface area contributed by atoms with Crippen LogP contribution in [-0.2, 0) is 11.3 Å². The summed E-state index contributed by atoms with van der Waals surface area (Å²) in [6, 6.07) is 4.76. The molecule has 9 nitrogen and oxygen atoms in total. The van der Waals surface area contributed by atoms with E-state index in [2.05, 4.69) is 22.2 Å². The molecule has 0 aliphatic carbocycles. The van der Waals surface area contributed by atoms with Crippen LogP contribution in [-0.4, -0.2) is 45.4 Å². The van der Waals surface area contributed by atoms with E-state index in [1.807, 2.05) is 6.92 Å². The highest BCUT2D eigenvalue weighted by molar-refractivity contribution is 7.22. The number of non-ortho nitro benzene ring substituents is 1. The van der Waals surface area contributed by atoms with Crippen molar-refractivity contribution in [1.29, 1.82) is 0 Å². The van der Waals surface area contributed by atoms with E-state index in [4.69, 9.17) is 9.72 Å². The fourth-order valence-electron chi connectivity index (χ4n) is 3.38. The topological polar surface area (TPSA) is 103 Å². The minimum atomic E-state index is -0.488. The molecule has 4 rings (SSSR count). The molecule has 3 aromatic rings. The summed E-state index contributed by atoms with van der Waals surface area (Å²) in [5.74, 6) is -0.488. The Morgan fingerprint density at radius 2 is 2.17 bits per heavy atom. The number of anilines is 1. The van der Waals surface area contributed by atoms with Gasteiger partial charge in [0.05, 0.1) is 28.3 Å². The molecule has 0 radical (unpaired) electrons. The highest BCUT2D eigenvalue weighted by Crippen LogP contribution is 2.35. The van der Waals surface area contributed by atoms with Gasteiger partial charge in [0, 0.05) is 36.5 Å². The molecule has 1 aliphatic heterocycles. The standard InChI is InChI=1S/C20H21N5O4S/c1-3-29-19(26)16-9-13(2)24(22-16)12-14-10-15(25(27)28)11-17-18(14)21-20(30-17)23-7-5-4-6-8-23/h4-5,9-11H,3,6-8,12H2,1-2H3. The predicted molar refractivity (Wildman–Crippen MR) is 114 cm³/mol. The van der Waals surface area contributed by atoms with Gasteiger partial charge >= 0.3 is 5.97 Å². The van der Waals surface area contributed by atoms with Crippen LogP contribution in [0.15, 0.2) is 30.4 Å². The van der Waals surface area contributed by atoms with Crippen molar-refractivity contribution in [1.82, 2.24) is 14.8 Å². The fraction of sp³-hybridized carbons (Fsp3) is 0.350. The number of fused-ring (bicyclic) bond motifs is 1. The maximum Gasteiger partial charge on any atom is 0.358 e. The number of rotatable bonds is 6. The molecule has 10 heteroatoms. The van der Waals surface area contributed by atoms with Gasteiger partial charge in [0.1, 0.15) is 0 Å². The molecule has 0 bridgehead atoms. The third kappa shape index (κ3) is 3.90. The lowest BCUT2D eigenvalue weighted by atomic mass is 10.1. The van der Waals surface area contributed by atoms with Gasteiger partial charge in [0.25, 0.3) is 5.69 Å². The van der Waals surface area contributed by atoms with Gasteiger partial charge in [0.15, 0.2) is 10.8 Å².